The maximum Gasteiger partial charge on any atom is 0.224 e. The summed E-state index contributed by atoms with van der Waals surface area (Å²) in [6, 6.07) is 0. The number of nitrogens with one attached hydrogen (secondary N) is 1. The summed E-state index contributed by atoms with van der Waals surface area (Å²) >= 11 is 0. The molecule has 28 heavy (non-hydrogen) atoms. The Labute approximate surface area is 168 Å². The van der Waals surface area contributed by atoms with Crippen LogP contribution in [0.25, 0.3) is 0 Å². The van der Waals surface area contributed by atoms with Crippen molar-refractivity contribution in [2.45, 2.75) is 77.6 Å². The number of aliphatic hydroxyl groups is 1. The van der Waals surface area contributed by atoms with Crippen molar-refractivity contribution < 1.29 is 19.4 Å². The van der Waals surface area contributed by atoms with Crippen LogP contribution in [-0.2, 0) is 14.3 Å². The summed E-state index contributed by atoms with van der Waals surface area (Å²) < 4.78 is 12.2. The van der Waals surface area contributed by atoms with Crippen LogP contribution < -0.4 is 5.32 Å². The van der Waals surface area contributed by atoms with E-state index in [-0.39, 0.29) is 22.7 Å². The van der Waals surface area contributed by atoms with E-state index in [1.54, 1.807) is 0 Å². The molecule has 5 heteroatoms. The molecule has 2 N–H and O–H groups in total. The van der Waals surface area contributed by atoms with E-state index in [2.05, 4.69) is 32.2 Å². The fourth-order valence-electron chi connectivity index (χ4n) is 8.57. The summed E-state index contributed by atoms with van der Waals surface area (Å²) in [7, 11) is 0. The third-order valence-electron chi connectivity index (χ3n) is 9.30. The van der Waals surface area contributed by atoms with Crippen LogP contribution in [0.5, 0.6) is 0 Å². The second-order valence-electron chi connectivity index (χ2n) is 10.9. The number of carbonyl (C=O) groups is 1. The van der Waals surface area contributed by atoms with Gasteiger partial charge in [-0.25, -0.2) is 0 Å². The van der Waals surface area contributed by atoms with Gasteiger partial charge in [0.15, 0.2) is 5.79 Å². The van der Waals surface area contributed by atoms with Crippen molar-refractivity contribution in [2.24, 2.45) is 34.5 Å². The van der Waals surface area contributed by atoms with Gasteiger partial charge in [-0.15, -0.1) is 0 Å². The fourth-order valence-corrected chi connectivity index (χ4v) is 8.57. The molecule has 3 aliphatic carbocycles. The van der Waals surface area contributed by atoms with E-state index < -0.39 is 11.4 Å². The molecule has 156 valence electrons. The quantitative estimate of drug-likeness (QED) is 0.721. The Morgan fingerprint density at radius 1 is 1.14 bits per heavy atom. The molecule has 5 nitrogen and oxygen atoms in total. The molecule has 0 aromatic carbocycles. The Balaban J connectivity index is 1.54. The van der Waals surface area contributed by atoms with Crippen molar-refractivity contribution in [3.05, 3.63) is 11.8 Å². The molecule has 1 amide bonds. The van der Waals surface area contributed by atoms with Gasteiger partial charge in [-0.05, 0) is 63.2 Å². The molecule has 2 aliphatic heterocycles. The summed E-state index contributed by atoms with van der Waals surface area (Å²) in [5.41, 5.74) is 0.134. The molecule has 5 aliphatic rings. The number of ether oxygens (including phenoxy) is 2. The Hall–Kier alpha value is -0.910. The molecular weight excluding hydrogens is 354 g/mol. The summed E-state index contributed by atoms with van der Waals surface area (Å²) in [5.74, 6) is 1.07. The zero-order valence-corrected chi connectivity index (χ0v) is 17.7. The minimum atomic E-state index is -0.774. The first-order valence-electron chi connectivity index (χ1n) is 11.1. The second-order valence-corrected chi connectivity index (χ2v) is 10.9. The number of carbonyl (C=O) groups excluding carboxylic acids is 1. The van der Waals surface area contributed by atoms with Crippen molar-refractivity contribution in [3.8, 4) is 0 Å². The van der Waals surface area contributed by atoms with Gasteiger partial charge in [0.1, 0.15) is 0 Å². The lowest BCUT2D eigenvalue weighted by molar-refractivity contribution is -0.237. The topological polar surface area (TPSA) is 67.8 Å². The third kappa shape index (κ3) is 2.39. The molecule has 2 saturated heterocycles. The molecule has 4 fully saturated rings. The van der Waals surface area contributed by atoms with E-state index in [9.17, 15) is 9.90 Å². The smallest absolute Gasteiger partial charge is 0.224 e. The number of allylic oxidation sites excluding steroid dienone is 2. The second kappa shape index (κ2) is 5.83. The highest BCUT2D eigenvalue weighted by Gasteiger charge is 2.68. The van der Waals surface area contributed by atoms with Gasteiger partial charge in [0.05, 0.1) is 18.8 Å². The summed E-state index contributed by atoms with van der Waals surface area (Å²) in [6.07, 6.45) is 7.63. The minimum absolute atomic E-state index is 0.00335. The number of fused-ring (bicyclic) bond motifs is 5. The van der Waals surface area contributed by atoms with Crippen LogP contribution in [0.4, 0.5) is 0 Å². The molecule has 0 bridgehead atoms. The Bertz CT molecular complexity index is 724. The van der Waals surface area contributed by atoms with Crippen LogP contribution in [0.3, 0.4) is 0 Å². The first-order chi connectivity index (χ1) is 13.1. The summed E-state index contributed by atoms with van der Waals surface area (Å²) in [6.45, 7) is 10.1. The molecule has 0 radical (unpaired) electrons. The molecule has 2 saturated carbocycles. The number of amides is 1. The van der Waals surface area contributed by atoms with E-state index in [0.29, 0.717) is 37.4 Å². The van der Waals surface area contributed by atoms with Crippen LogP contribution in [-0.4, -0.2) is 35.6 Å². The van der Waals surface area contributed by atoms with Gasteiger partial charge >= 0.3 is 0 Å². The largest absolute Gasteiger partial charge is 0.390 e. The Kier molecular flexibility index (Phi) is 3.97. The predicted molar refractivity (Wildman–Crippen MR) is 105 cm³/mol. The highest BCUT2D eigenvalue weighted by Crippen LogP contribution is 2.69. The number of hydrogen-bond donors (Lipinski definition) is 2. The molecule has 0 spiro atoms. The lowest BCUT2D eigenvalue weighted by atomic mass is 9.44. The maximum absolute atomic E-state index is 12.0. The number of hydrogen-bond acceptors (Lipinski definition) is 4. The molecule has 2 heterocycles. The molecule has 7 atom stereocenters. The minimum Gasteiger partial charge on any atom is -0.390 e. The standard InChI is InChI=1S/C23H35NO4/c1-20-10-9-18(25)24-17(20)8-5-14-15-6-7-16(23(4)27-11-12-28-23)21(15,2)13-22(3,26)19(14)20/h8,14-16,19,26H,5-7,9-13H2,1-4H3,(H,24,25). The number of piperidine rings is 1. The van der Waals surface area contributed by atoms with E-state index in [1.807, 2.05) is 6.92 Å². The van der Waals surface area contributed by atoms with Crippen LogP contribution in [0.2, 0.25) is 0 Å². The van der Waals surface area contributed by atoms with Crippen molar-refractivity contribution in [1.82, 2.24) is 5.32 Å². The average molecular weight is 390 g/mol. The SMILES string of the molecule is CC1(O)CC2(C)C(CCC2C2(C)OCCO2)C2CC=C3NC(=O)CCC3(C)C21. The lowest BCUT2D eigenvalue weighted by Crippen LogP contribution is -2.63. The highest BCUT2D eigenvalue weighted by atomic mass is 16.7. The first kappa shape index (κ1) is 19.1. The molecule has 5 rings (SSSR count). The van der Waals surface area contributed by atoms with E-state index in [0.717, 1.165) is 31.4 Å². The van der Waals surface area contributed by atoms with Crippen LogP contribution >= 0.6 is 0 Å². The van der Waals surface area contributed by atoms with E-state index >= 15 is 0 Å². The summed E-state index contributed by atoms with van der Waals surface area (Å²) in [4.78, 5) is 12.0. The Morgan fingerprint density at radius 3 is 2.57 bits per heavy atom. The zero-order valence-electron chi connectivity index (χ0n) is 17.7. The fraction of sp³-hybridized carbons (Fsp3) is 0.870. The van der Waals surface area contributed by atoms with Gasteiger partial charge in [0.2, 0.25) is 5.91 Å². The lowest BCUT2D eigenvalue weighted by Gasteiger charge is -2.63. The summed E-state index contributed by atoms with van der Waals surface area (Å²) in [5, 5.41) is 15.0. The van der Waals surface area contributed by atoms with E-state index in [4.69, 9.17) is 9.47 Å². The Morgan fingerprint density at radius 2 is 1.86 bits per heavy atom. The van der Waals surface area contributed by atoms with Gasteiger partial charge in [-0.3, -0.25) is 4.79 Å². The zero-order chi connectivity index (χ0) is 19.9. The van der Waals surface area contributed by atoms with Crippen LogP contribution in [0.15, 0.2) is 11.8 Å². The highest BCUT2D eigenvalue weighted by molar-refractivity contribution is 5.79. The monoisotopic (exact) mass is 389 g/mol. The van der Waals surface area contributed by atoms with Crippen molar-refractivity contribution in [2.75, 3.05) is 13.2 Å². The van der Waals surface area contributed by atoms with Crippen LogP contribution in [0.1, 0.15) is 66.2 Å². The van der Waals surface area contributed by atoms with Gasteiger partial charge in [-0.1, -0.05) is 19.9 Å². The molecule has 0 aromatic rings. The van der Waals surface area contributed by atoms with Crippen LogP contribution in [0, 0.1) is 34.5 Å². The van der Waals surface area contributed by atoms with Crippen molar-refractivity contribution in [1.29, 1.82) is 0 Å². The normalized spacial score (nSPS) is 52.3. The van der Waals surface area contributed by atoms with Gasteiger partial charge in [0, 0.05) is 29.4 Å². The van der Waals surface area contributed by atoms with Gasteiger partial charge in [-0.2, -0.15) is 0 Å². The third-order valence-corrected chi connectivity index (χ3v) is 9.30. The van der Waals surface area contributed by atoms with E-state index in [1.165, 1.54) is 6.42 Å². The first-order valence-corrected chi connectivity index (χ1v) is 11.1. The maximum atomic E-state index is 12.0. The average Bonchev–Trinajstić information content (AvgIpc) is 3.18. The van der Waals surface area contributed by atoms with Crippen molar-refractivity contribution in [3.63, 3.8) is 0 Å². The predicted octanol–water partition coefficient (Wildman–Crippen LogP) is 3.37. The molecular formula is C23H35NO4. The molecule has 7 unspecified atom stereocenters. The molecule has 0 aromatic heterocycles. The van der Waals surface area contributed by atoms with Gasteiger partial charge < -0.3 is 19.9 Å². The number of rotatable bonds is 1. The van der Waals surface area contributed by atoms with Gasteiger partial charge in [0.25, 0.3) is 0 Å². The van der Waals surface area contributed by atoms with Crippen molar-refractivity contribution >= 4 is 5.91 Å².